The summed E-state index contributed by atoms with van der Waals surface area (Å²) in [6.45, 7) is 0.188. The van der Waals surface area contributed by atoms with Crippen LogP contribution in [0.1, 0.15) is 22.7 Å². The first-order chi connectivity index (χ1) is 21.4. The average Bonchev–Trinajstić information content (AvgIpc) is 3.38. The van der Waals surface area contributed by atoms with Crippen molar-refractivity contribution in [3.05, 3.63) is 143 Å². The number of amides is 4. The number of nitrogens with zero attached hydrogens (tertiary/aromatic N) is 2. The minimum atomic E-state index is -0.874. The van der Waals surface area contributed by atoms with Crippen LogP contribution in [-0.4, -0.2) is 47.3 Å². The molecule has 0 spiro atoms. The Kier molecular flexibility index (Phi) is 8.10. The van der Waals surface area contributed by atoms with Crippen LogP contribution in [-0.2, 0) is 22.6 Å². The number of halogens is 1. The molecule has 0 saturated heterocycles. The molecule has 44 heavy (non-hydrogen) atoms. The van der Waals surface area contributed by atoms with Gasteiger partial charge in [0.2, 0.25) is 5.91 Å². The van der Waals surface area contributed by atoms with E-state index < -0.39 is 17.9 Å². The zero-order chi connectivity index (χ0) is 30.6. The van der Waals surface area contributed by atoms with Crippen molar-refractivity contribution in [1.82, 2.24) is 20.4 Å². The zero-order valence-corrected chi connectivity index (χ0v) is 24.1. The van der Waals surface area contributed by atoms with E-state index in [-0.39, 0.29) is 37.4 Å². The molecule has 0 aromatic heterocycles. The van der Waals surface area contributed by atoms with Gasteiger partial charge in [-0.2, -0.15) is 0 Å². The summed E-state index contributed by atoms with van der Waals surface area (Å²) in [6.07, 6.45) is 0.262. The van der Waals surface area contributed by atoms with Gasteiger partial charge in [-0.15, -0.1) is 0 Å². The number of para-hydroxylation sites is 1. The summed E-state index contributed by atoms with van der Waals surface area (Å²) < 4.78 is 19.8. The highest BCUT2D eigenvalue weighted by Gasteiger charge is 2.46. The molecular formula is C35H31FN4O4. The second kappa shape index (κ2) is 12.4. The lowest BCUT2D eigenvalue weighted by Crippen LogP contribution is -2.49. The normalized spacial score (nSPS) is 16.8. The third kappa shape index (κ3) is 6.03. The lowest BCUT2D eigenvalue weighted by molar-refractivity contribution is -0.136. The Morgan fingerprint density at radius 3 is 2.34 bits per heavy atom. The molecule has 2 N–H and O–H groups in total. The molecule has 0 unspecified atom stereocenters. The summed E-state index contributed by atoms with van der Waals surface area (Å²) in [7, 11) is 1.61. The molecule has 4 amide bonds. The summed E-state index contributed by atoms with van der Waals surface area (Å²) >= 11 is 0. The quantitative estimate of drug-likeness (QED) is 0.276. The lowest BCUT2D eigenvalue weighted by atomic mass is 9.95. The van der Waals surface area contributed by atoms with Gasteiger partial charge in [-0.25, -0.2) is 9.18 Å². The zero-order valence-electron chi connectivity index (χ0n) is 24.1. The second-order valence-corrected chi connectivity index (χ2v) is 10.8. The van der Waals surface area contributed by atoms with Gasteiger partial charge in [0.05, 0.1) is 23.9 Å². The number of ether oxygens (including phenoxy) is 1. The predicted molar refractivity (Wildman–Crippen MR) is 163 cm³/mol. The molecule has 2 heterocycles. The van der Waals surface area contributed by atoms with Crippen molar-refractivity contribution in [1.29, 1.82) is 0 Å². The minimum Gasteiger partial charge on any atom is -0.457 e. The Morgan fingerprint density at radius 2 is 1.59 bits per heavy atom. The molecule has 0 aliphatic carbocycles. The topological polar surface area (TPSA) is 91.0 Å². The van der Waals surface area contributed by atoms with Crippen molar-refractivity contribution >= 4 is 17.8 Å². The number of nitrogens with one attached hydrogen (secondary N) is 2. The third-order valence-corrected chi connectivity index (χ3v) is 7.87. The Labute approximate surface area is 254 Å². The smallest absolute Gasteiger partial charge is 0.322 e. The first kappa shape index (κ1) is 28.7. The monoisotopic (exact) mass is 590 g/mol. The molecule has 2 aliphatic rings. The second-order valence-electron chi connectivity index (χ2n) is 10.8. The summed E-state index contributed by atoms with van der Waals surface area (Å²) in [5.74, 6) is 0.114. The maximum absolute atomic E-state index is 14.2. The van der Waals surface area contributed by atoms with Crippen molar-refractivity contribution in [3.63, 3.8) is 0 Å². The minimum absolute atomic E-state index is 0.0830. The molecule has 0 fully saturated rings. The van der Waals surface area contributed by atoms with Gasteiger partial charge >= 0.3 is 6.03 Å². The van der Waals surface area contributed by atoms with Crippen molar-refractivity contribution in [2.75, 3.05) is 13.6 Å². The Morgan fingerprint density at radius 1 is 0.909 bits per heavy atom. The Balaban J connectivity index is 1.29. The van der Waals surface area contributed by atoms with Crippen LogP contribution in [0.15, 0.2) is 120 Å². The molecular weight excluding hydrogens is 559 g/mol. The molecule has 222 valence electrons. The molecule has 0 saturated carbocycles. The molecule has 6 rings (SSSR count). The number of likely N-dealkylation sites (N-methyl/N-ethyl adjacent to an activating group) is 1. The molecule has 9 heteroatoms. The fraction of sp³-hybridized carbons (Fsp3) is 0.171. The van der Waals surface area contributed by atoms with Crippen molar-refractivity contribution in [3.8, 4) is 11.5 Å². The first-order valence-corrected chi connectivity index (χ1v) is 14.3. The highest BCUT2D eigenvalue weighted by atomic mass is 19.1. The molecule has 2 atom stereocenters. The number of carbonyl (C=O) groups excluding carboxylic acids is 3. The summed E-state index contributed by atoms with van der Waals surface area (Å²) in [5.41, 5.74) is 3.10. The largest absolute Gasteiger partial charge is 0.457 e. The van der Waals surface area contributed by atoms with E-state index >= 15 is 0 Å². The highest BCUT2D eigenvalue weighted by molar-refractivity contribution is 6.03. The summed E-state index contributed by atoms with van der Waals surface area (Å²) in [6, 6.07) is 30.1. The standard InChI is InChI=1S/C35H31FN4O4/c1-39-30-22-40(29(19-23-10-4-2-5-11-23)33(41)37-21-24-12-8-14-26(36)18-24)34(42)31(30)32(38-35(39)43)25-13-9-17-28(20-25)44-27-15-6-3-7-16-27/h2-18,20,29,32H,19,21-22H2,1H3,(H,37,41)(H,38,43)/t29-,32+/m1/s1. The van der Waals surface area contributed by atoms with E-state index in [0.717, 1.165) is 5.56 Å². The van der Waals surface area contributed by atoms with Crippen molar-refractivity contribution in [2.45, 2.75) is 25.0 Å². The average molecular weight is 591 g/mol. The van der Waals surface area contributed by atoms with Gasteiger partial charge in [-0.3, -0.25) is 14.5 Å². The van der Waals surface area contributed by atoms with Crippen LogP contribution >= 0.6 is 0 Å². The number of hydrogen-bond acceptors (Lipinski definition) is 4. The molecule has 0 bridgehead atoms. The molecule has 4 aromatic carbocycles. The molecule has 8 nitrogen and oxygen atoms in total. The van der Waals surface area contributed by atoms with Gasteiger partial charge in [0.1, 0.15) is 23.4 Å². The van der Waals surface area contributed by atoms with E-state index in [1.165, 1.54) is 21.9 Å². The molecule has 4 aromatic rings. The fourth-order valence-corrected chi connectivity index (χ4v) is 5.61. The van der Waals surface area contributed by atoms with Crippen LogP contribution in [0, 0.1) is 5.82 Å². The predicted octanol–water partition coefficient (Wildman–Crippen LogP) is 5.34. The first-order valence-electron chi connectivity index (χ1n) is 14.3. The highest BCUT2D eigenvalue weighted by Crippen LogP contribution is 2.38. The number of hydrogen-bond donors (Lipinski definition) is 2. The van der Waals surface area contributed by atoms with Gasteiger partial charge in [0, 0.05) is 20.0 Å². The van der Waals surface area contributed by atoms with Gasteiger partial charge in [-0.1, -0.05) is 72.8 Å². The van der Waals surface area contributed by atoms with E-state index in [4.69, 9.17) is 4.74 Å². The lowest BCUT2D eigenvalue weighted by Gasteiger charge is -2.31. The van der Waals surface area contributed by atoms with E-state index in [1.807, 2.05) is 78.9 Å². The number of benzene rings is 4. The van der Waals surface area contributed by atoms with Crippen LogP contribution in [0.5, 0.6) is 11.5 Å². The summed E-state index contributed by atoms with van der Waals surface area (Å²) in [4.78, 5) is 44.0. The van der Waals surface area contributed by atoms with Crippen LogP contribution in [0.25, 0.3) is 0 Å². The van der Waals surface area contributed by atoms with Gasteiger partial charge in [-0.05, 0) is 53.1 Å². The number of urea groups is 1. The maximum atomic E-state index is 14.2. The van der Waals surface area contributed by atoms with Crippen molar-refractivity contribution < 1.29 is 23.5 Å². The van der Waals surface area contributed by atoms with Crippen LogP contribution in [0.4, 0.5) is 9.18 Å². The Hall–Kier alpha value is -5.44. The number of rotatable bonds is 9. The van der Waals surface area contributed by atoms with Gasteiger partial charge in [0.25, 0.3) is 5.91 Å². The van der Waals surface area contributed by atoms with E-state index in [2.05, 4.69) is 10.6 Å². The molecule has 2 aliphatic heterocycles. The van der Waals surface area contributed by atoms with E-state index in [0.29, 0.717) is 33.9 Å². The third-order valence-electron chi connectivity index (χ3n) is 7.87. The maximum Gasteiger partial charge on any atom is 0.322 e. The van der Waals surface area contributed by atoms with Crippen molar-refractivity contribution in [2.24, 2.45) is 0 Å². The van der Waals surface area contributed by atoms with E-state index in [1.54, 1.807) is 25.2 Å². The fourth-order valence-electron chi connectivity index (χ4n) is 5.61. The Bertz CT molecular complexity index is 1730. The van der Waals surface area contributed by atoms with Gasteiger partial charge < -0.3 is 20.3 Å². The summed E-state index contributed by atoms with van der Waals surface area (Å²) in [5, 5.41) is 5.84. The van der Waals surface area contributed by atoms with Crippen LogP contribution in [0.3, 0.4) is 0 Å². The van der Waals surface area contributed by atoms with Crippen LogP contribution < -0.4 is 15.4 Å². The SMILES string of the molecule is CN1C(=O)N[C@@H](c2cccc(Oc3ccccc3)c2)C2=C1CN([C@H](Cc1ccccc1)C(=O)NCc1cccc(F)c1)C2=O. The number of carbonyl (C=O) groups is 3. The van der Waals surface area contributed by atoms with E-state index in [9.17, 15) is 18.8 Å². The molecule has 0 radical (unpaired) electrons. The van der Waals surface area contributed by atoms with Crippen LogP contribution in [0.2, 0.25) is 0 Å². The van der Waals surface area contributed by atoms with Gasteiger partial charge in [0.15, 0.2) is 0 Å².